The Morgan fingerprint density at radius 3 is 0.917 bits per heavy atom. The summed E-state index contributed by atoms with van der Waals surface area (Å²) in [5.41, 5.74) is 17.1. The topological polar surface area (TPSA) is 6.48 Å². The zero-order valence-electron chi connectivity index (χ0n) is 35.2. The van der Waals surface area contributed by atoms with Gasteiger partial charge in [0.25, 0.3) is 0 Å². The highest BCUT2D eigenvalue weighted by atomic mass is 15.2. The highest BCUT2D eigenvalue weighted by Gasteiger charge is 2.24. The molecule has 10 rings (SSSR count). The molecule has 0 aromatic heterocycles. The first-order valence-corrected chi connectivity index (χ1v) is 21.0. The summed E-state index contributed by atoms with van der Waals surface area (Å²) in [6.45, 7) is 13.6. The van der Waals surface area contributed by atoms with Gasteiger partial charge in [-0.15, -0.1) is 0 Å². The van der Waals surface area contributed by atoms with Gasteiger partial charge < -0.3 is 9.80 Å². The van der Waals surface area contributed by atoms with Crippen molar-refractivity contribution < 1.29 is 0 Å². The molecule has 0 aliphatic carbocycles. The predicted octanol–water partition coefficient (Wildman–Crippen LogP) is 16.8. The number of fused-ring (bicyclic) bond motifs is 6. The van der Waals surface area contributed by atoms with E-state index in [1.807, 2.05) is 0 Å². The third-order valence-electron chi connectivity index (χ3n) is 12.5. The summed E-state index contributed by atoms with van der Waals surface area (Å²) in [6, 6.07) is 67.0. The summed E-state index contributed by atoms with van der Waals surface area (Å²) in [7, 11) is 0. The van der Waals surface area contributed by atoms with Gasteiger partial charge in [0.15, 0.2) is 0 Å². The summed E-state index contributed by atoms with van der Waals surface area (Å²) < 4.78 is 0. The molecule has 10 aromatic carbocycles. The van der Waals surface area contributed by atoms with Crippen LogP contribution in [0.5, 0.6) is 0 Å². The van der Waals surface area contributed by atoms with Crippen molar-refractivity contribution in [3.8, 4) is 11.1 Å². The van der Waals surface area contributed by atoms with Crippen molar-refractivity contribution in [3.05, 3.63) is 215 Å². The molecule has 0 saturated heterocycles. The second-order valence-corrected chi connectivity index (χ2v) is 16.5. The molecule has 0 aliphatic rings. The molecule has 0 bridgehead atoms. The van der Waals surface area contributed by atoms with E-state index in [1.54, 1.807) is 0 Å². The monoisotopic (exact) mass is 772 g/mol. The van der Waals surface area contributed by atoms with Crippen LogP contribution in [0.4, 0.5) is 34.1 Å². The highest BCUT2D eigenvalue weighted by molar-refractivity contribution is 6.16. The van der Waals surface area contributed by atoms with Crippen molar-refractivity contribution in [2.75, 3.05) is 9.80 Å². The van der Waals surface area contributed by atoms with Crippen LogP contribution in [0.3, 0.4) is 0 Å². The normalized spacial score (nSPS) is 11.5. The van der Waals surface area contributed by atoms with Gasteiger partial charge in [0.1, 0.15) is 0 Å². The van der Waals surface area contributed by atoms with Crippen LogP contribution in [0.25, 0.3) is 54.2 Å². The predicted molar refractivity (Wildman–Crippen MR) is 260 cm³/mol. The molecule has 0 heterocycles. The first kappa shape index (κ1) is 37.1. The molecule has 0 N–H and O–H groups in total. The number of benzene rings is 10. The molecule has 2 nitrogen and oxygen atoms in total. The third-order valence-corrected chi connectivity index (χ3v) is 12.5. The lowest BCUT2D eigenvalue weighted by Crippen LogP contribution is -2.13. The van der Waals surface area contributed by atoms with Crippen LogP contribution in [-0.2, 0) is 0 Å². The lowest BCUT2D eigenvalue weighted by molar-refractivity contribution is 1.22. The molecule has 0 amide bonds. The van der Waals surface area contributed by atoms with E-state index in [2.05, 4.69) is 233 Å². The zero-order valence-corrected chi connectivity index (χ0v) is 35.2. The Morgan fingerprint density at radius 1 is 0.250 bits per heavy atom. The van der Waals surface area contributed by atoms with Gasteiger partial charge in [-0.2, -0.15) is 0 Å². The number of rotatable bonds is 7. The van der Waals surface area contributed by atoms with Crippen LogP contribution >= 0.6 is 0 Å². The second-order valence-electron chi connectivity index (χ2n) is 16.5. The van der Waals surface area contributed by atoms with Crippen LogP contribution in [0, 0.1) is 41.5 Å². The highest BCUT2D eigenvalue weighted by Crippen LogP contribution is 2.48. The maximum absolute atomic E-state index is 2.48. The number of para-hydroxylation sites is 2. The van der Waals surface area contributed by atoms with Gasteiger partial charge in [-0.25, -0.2) is 0 Å². The molecular formula is C58H48N2. The van der Waals surface area contributed by atoms with Crippen molar-refractivity contribution in [1.82, 2.24) is 0 Å². The van der Waals surface area contributed by atoms with Crippen LogP contribution < -0.4 is 9.80 Å². The molecule has 0 atom stereocenters. The molecule has 60 heavy (non-hydrogen) atoms. The molecule has 0 saturated carbocycles. The first-order chi connectivity index (χ1) is 29.3. The average molecular weight is 773 g/mol. The summed E-state index contributed by atoms with van der Waals surface area (Å²) in [5, 5.41) is 10.0. The van der Waals surface area contributed by atoms with Crippen LogP contribution in [0.15, 0.2) is 182 Å². The van der Waals surface area contributed by atoms with Crippen molar-refractivity contribution in [3.63, 3.8) is 0 Å². The Bertz CT molecular complexity index is 3030. The summed E-state index contributed by atoms with van der Waals surface area (Å²) in [4.78, 5) is 4.95. The number of hydrogen-bond acceptors (Lipinski definition) is 2. The minimum absolute atomic E-state index is 1.16. The number of hydrogen-bond donors (Lipinski definition) is 0. The fraction of sp³-hybridized carbons (Fsp3) is 0.103. The van der Waals surface area contributed by atoms with Gasteiger partial charge in [0.2, 0.25) is 0 Å². The minimum Gasteiger partial charge on any atom is -0.310 e. The molecule has 290 valence electrons. The molecule has 0 spiro atoms. The Balaban J connectivity index is 1.15. The van der Waals surface area contributed by atoms with E-state index in [-0.39, 0.29) is 0 Å². The maximum Gasteiger partial charge on any atom is 0.0546 e. The molecule has 0 fully saturated rings. The molecule has 0 aliphatic heterocycles. The maximum atomic E-state index is 2.48. The number of aryl methyl sites for hydroxylation is 6. The largest absolute Gasteiger partial charge is 0.310 e. The molecule has 0 radical (unpaired) electrons. The smallest absolute Gasteiger partial charge is 0.0546 e. The van der Waals surface area contributed by atoms with Crippen molar-refractivity contribution in [1.29, 1.82) is 0 Å². The standard InChI is InChI=1S/C58H48N2/c1-37-19-7-17-29-53(37)59(55-35-43-21-9-11-23-47(43)49-25-13-15-27-51(49)55)45-31-39(3)57(40(4)32-45)58-41(5)33-46(34-42(58)6)60(54-30-18-8-20-38(54)2)56-36-44-22-10-12-24-48(44)50-26-14-16-28-52(50)56/h7-36H,1-6H3. The van der Waals surface area contributed by atoms with Gasteiger partial charge in [-0.1, -0.05) is 133 Å². The van der Waals surface area contributed by atoms with Crippen molar-refractivity contribution in [2.24, 2.45) is 0 Å². The fourth-order valence-electron chi connectivity index (χ4n) is 9.81. The SMILES string of the molecule is Cc1ccccc1N(c1cc(C)c(-c2c(C)cc(N(c3ccccc3C)c3cc4ccccc4c4ccccc34)cc2C)c(C)c1)c1cc2ccccc2c2ccccc12. The minimum atomic E-state index is 1.16. The van der Waals surface area contributed by atoms with Crippen LogP contribution in [-0.4, -0.2) is 0 Å². The molecular weight excluding hydrogens is 725 g/mol. The van der Waals surface area contributed by atoms with Gasteiger partial charge in [-0.3, -0.25) is 0 Å². The van der Waals surface area contributed by atoms with Crippen LogP contribution in [0.2, 0.25) is 0 Å². The molecule has 0 unspecified atom stereocenters. The number of nitrogens with zero attached hydrogens (tertiary/aromatic N) is 2. The van der Waals surface area contributed by atoms with Gasteiger partial charge in [0, 0.05) is 33.5 Å². The Kier molecular flexibility index (Phi) is 9.22. The van der Waals surface area contributed by atoms with Crippen LogP contribution in [0.1, 0.15) is 33.4 Å². The van der Waals surface area contributed by atoms with Gasteiger partial charge >= 0.3 is 0 Å². The quantitative estimate of drug-likeness (QED) is 0.149. The van der Waals surface area contributed by atoms with E-state index in [4.69, 9.17) is 0 Å². The van der Waals surface area contributed by atoms with Gasteiger partial charge in [0.05, 0.1) is 11.4 Å². The van der Waals surface area contributed by atoms with E-state index in [1.165, 1.54) is 110 Å². The van der Waals surface area contributed by atoms with E-state index >= 15 is 0 Å². The zero-order chi connectivity index (χ0) is 41.1. The van der Waals surface area contributed by atoms with E-state index in [0.717, 1.165) is 11.4 Å². The second kappa shape index (κ2) is 14.9. The molecule has 2 heteroatoms. The lowest BCUT2D eigenvalue weighted by atomic mass is 9.88. The Morgan fingerprint density at radius 2 is 0.550 bits per heavy atom. The number of anilines is 6. The van der Waals surface area contributed by atoms with E-state index < -0.39 is 0 Å². The van der Waals surface area contributed by atoms with Crippen molar-refractivity contribution >= 4 is 77.2 Å². The summed E-state index contributed by atoms with van der Waals surface area (Å²) in [5.74, 6) is 0. The fourth-order valence-corrected chi connectivity index (χ4v) is 9.81. The lowest BCUT2D eigenvalue weighted by Gasteiger charge is -2.31. The van der Waals surface area contributed by atoms with E-state index in [9.17, 15) is 0 Å². The third kappa shape index (κ3) is 6.19. The Labute approximate surface area is 353 Å². The van der Waals surface area contributed by atoms with E-state index in [0.29, 0.717) is 0 Å². The first-order valence-electron chi connectivity index (χ1n) is 21.0. The van der Waals surface area contributed by atoms with Crippen molar-refractivity contribution in [2.45, 2.75) is 41.5 Å². The average Bonchev–Trinajstić information content (AvgIpc) is 3.26. The Hall–Kier alpha value is -7.16. The summed E-state index contributed by atoms with van der Waals surface area (Å²) in [6.07, 6.45) is 0. The summed E-state index contributed by atoms with van der Waals surface area (Å²) >= 11 is 0. The van der Waals surface area contributed by atoms with Gasteiger partial charge in [-0.05, 0) is 167 Å². The molecule has 10 aromatic rings.